The Morgan fingerprint density at radius 1 is 1.18 bits per heavy atom. The van der Waals surface area contributed by atoms with Crippen molar-refractivity contribution in [2.75, 3.05) is 0 Å². The van der Waals surface area contributed by atoms with E-state index in [1.165, 1.54) is 0 Å². The van der Waals surface area contributed by atoms with Crippen LogP contribution in [0.3, 0.4) is 0 Å². The normalized spacial score (nSPS) is 11.6. The maximum Gasteiger partial charge on any atom is 0.251 e. The number of carbonyl (C=O) groups excluding carboxylic acids is 3. The summed E-state index contributed by atoms with van der Waals surface area (Å²) < 4.78 is 0. The lowest BCUT2D eigenvalue weighted by Crippen LogP contribution is -2.42. The minimum Gasteiger partial charge on any atom is -0.342 e. The minimum atomic E-state index is -0.629. The molecule has 1 atom stereocenters. The average Bonchev–Trinajstić information content (AvgIpc) is 3.05. The summed E-state index contributed by atoms with van der Waals surface area (Å²) in [6.07, 6.45) is 2.29. The quantitative estimate of drug-likeness (QED) is 0.814. The Bertz CT molecular complexity index is 623. The van der Waals surface area contributed by atoms with Crippen molar-refractivity contribution in [1.29, 1.82) is 0 Å². The average molecular weight is 314 g/mol. The van der Waals surface area contributed by atoms with E-state index in [9.17, 15) is 14.4 Å². The second-order valence-corrected chi connectivity index (χ2v) is 5.62. The van der Waals surface area contributed by atoms with Gasteiger partial charge in [0.25, 0.3) is 5.91 Å². The Morgan fingerprint density at radius 2 is 1.95 bits per heavy atom. The number of hydrogen-bond acceptors (Lipinski definition) is 4. The smallest absolute Gasteiger partial charge is 0.251 e. The molecule has 0 saturated heterocycles. The lowest BCUT2D eigenvalue weighted by atomic mass is 10.0. The monoisotopic (exact) mass is 314 g/mol. The molecule has 22 heavy (non-hydrogen) atoms. The van der Waals surface area contributed by atoms with Crippen LogP contribution in [-0.4, -0.2) is 24.0 Å². The van der Waals surface area contributed by atoms with Gasteiger partial charge in [-0.3, -0.25) is 14.4 Å². The highest BCUT2D eigenvalue weighted by Gasteiger charge is 2.21. The number of amides is 1. The third kappa shape index (κ3) is 4.63. The van der Waals surface area contributed by atoms with E-state index in [0.717, 1.165) is 5.56 Å². The lowest BCUT2D eigenvalue weighted by molar-refractivity contribution is -0.120. The third-order valence-electron chi connectivity index (χ3n) is 3.22. The van der Waals surface area contributed by atoms with Crippen LogP contribution in [0, 0.1) is 0 Å². The standard InChI is InChI=1S/C17H16NO3S/c19-9-4-7-16(20)15(11-13-8-10-22-12-13)18-17(21)14-5-2-1-3-6-14/h1-3,5-6,8,10,12,15H,4,7,11H2,(H,18,21)/t15-/m1/s1. The first kappa shape index (κ1) is 16.1. The molecule has 1 aromatic heterocycles. The molecule has 0 fully saturated rings. The maximum absolute atomic E-state index is 12.2. The molecule has 1 heterocycles. The highest BCUT2D eigenvalue weighted by atomic mass is 32.1. The SMILES string of the molecule is O=[C]CCC(=O)[C@@H](Cc1ccsc1)NC(=O)c1ccccc1. The molecule has 113 valence electrons. The van der Waals surface area contributed by atoms with Gasteiger partial charge >= 0.3 is 0 Å². The van der Waals surface area contributed by atoms with E-state index in [4.69, 9.17) is 0 Å². The largest absolute Gasteiger partial charge is 0.342 e. The lowest BCUT2D eigenvalue weighted by Gasteiger charge is -2.17. The summed E-state index contributed by atoms with van der Waals surface area (Å²) in [5.74, 6) is -0.442. The Kier molecular flexibility index (Phi) is 6.03. The molecule has 2 aromatic rings. The van der Waals surface area contributed by atoms with E-state index in [0.29, 0.717) is 12.0 Å². The zero-order valence-electron chi connectivity index (χ0n) is 12.0. The molecular weight excluding hydrogens is 298 g/mol. The number of carbonyl (C=O) groups is 2. The fourth-order valence-electron chi connectivity index (χ4n) is 2.07. The summed E-state index contributed by atoms with van der Waals surface area (Å²) >= 11 is 1.54. The molecule has 5 heteroatoms. The predicted molar refractivity (Wildman–Crippen MR) is 85.7 cm³/mol. The maximum atomic E-state index is 12.2. The number of ketones is 1. The van der Waals surface area contributed by atoms with Crippen LogP contribution in [0.2, 0.25) is 0 Å². The molecule has 2 rings (SSSR count). The molecular formula is C17H16NO3S. The van der Waals surface area contributed by atoms with Gasteiger partial charge in [-0.15, -0.1) is 0 Å². The Labute approximate surface area is 133 Å². The molecule has 0 aliphatic rings. The van der Waals surface area contributed by atoms with Crippen molar-refractivity contribution >= 4 is 29.3 Å². The van der Waals surface area contributed by atoms with E-state index >= 15 is 0 Å². The van der Waals surface area contributed by atoms with Gasteiger partial charge in [-0.2, -0.15) is 11.3 Å². The first-order chi connectivity index (χ1) is 10.7. The van der Waals surface area contributed by atoms with Crippen molar-refractivity contribution in [2.45, 2.75) is 25.3 Å². The zero-order chi connectivity index (χ0) is 15.8. The summed E-state index contributed by atoms with van der Waals surface area (Å²) in [6, 6.07) is 10.0. The van der Waals surface area contributed by atoms with Crippen molar-refractivity contribution < 1.29 is 14.4 Å². The molecule has 0 aliphatic heterocycles. The van der Waals surface area contributed by atoms with Crippen LogP contribution in [0.5, 0.6) is 0 Å². The van der Waals surface area contributed by atoms with Crippen LogP contribution in [0.4, 0.5) is 0 Å². The fraction of sp³-hybridized carbons (Fsp3) is 0.235. The van der Waals surface area contributed by atoms with Crippen LogP contribution >= 0.6 is 11.3 Å². The van der Waals surface area contributed by atoms with Crippen molar-refractivity contribution in [2.24, 2.45) is 0 Å². The van der Waals surface area contributed by atoms with Gasteiger partial charge in [0.2, 0.25) is 0 Å². The van der Waals surface area contributed by atoms with Crippen LogP contribution in [0.25, 0.3) is 0 Å². The first-order valence-corrected chi connectivity index (χ1v) is 7.89. The van der Waals surface area contributed by atoms with Gasteiger partial charge in [-0.05, 0) is 34.5 Å². The number of nitrogens with one attached hydrogen (secondary N) is 1. The van der Waals surface area contributed by atoms with E-state index in [2.05, 4.69) is 5.32 Å². The van der Waals surface area contributed by atoms with Gasteiger partial charge in [0, 0.05) is 24.8 Å². The summed E-state index contributed by atoms with van der Waals surface area (Å²) in [4.78, 5) is 34.8. The van der Waals surface area contributed by atoms with Crippen LogP contribution in [0.1, 0.15) is 28.8 Å². The zero-order valence-corrected chi connectivity index (χ0v) is 12.8. The summed E-state index contributed by atoms with van der Waals surface area (Å²) in [5, 5.41) is 6.64. The molecule has 0 aliphatic carbocycles. The van der Waals surface area contributed by atoms with Gasteiger partial charge in [0.1, 0.15) is 0 Å². The number of hydrogen-bond donors (Lipinski definition) is 1. The van der Waals surface area contributed by atoms with Crippen molar-refractivity contribution in [3.05, 3.63) is 58.3 Å². The molecule has 1 N–H and O–H groups in total. The summed E-state index contributed by atoms with van der Waals surface area (Å²) in [7, 11) is 0. The van der Waals surface area contributed by atoms with Crippen molar-refractivity contribution in [3.63, 3.8) is 0 Å². The van der Waals surface area contributed by atoms with Crippen molar-refractivity contribution in [1.82, 2.24) is 5.32 Å². The first-order valence-electron chi connectivity index (χ1n) is 6.95. The molecule has 0 spiro atoms. The molecule has 1 aromatic carbocycles. The molecule has 1 amide bonds. The van der Waals surface area contributed by atoms with Crippen molar-refractivity contribution in [3.8, 4) is 0 Å². The molecule has 0 unspecified atom stereocenters. The molecule has 0 saturated carbocycles. The fourth-order valence-corrected chi connectivity index (χ4v) is 2.75. The summed E-state index contributed by atoms with van der Waals surface area (Å²) in [5.41, 5.74) is 1.50. The Balaban J connectivity index is 2.07. The highest BCUT2D eigenvalue weighted by Crippen LogP contribution is 2.11. The number of rotatable bonds is 8. The third-order valence-corrected chi connectivity index (χ3v) is 3.96. The van der Waals surface area contributed by atoms with E-state index in [1.807, 2.05) is 22.9 Å². The summed E-state index contributed by atoms with van der Waals surface area (Å²) in [6.45, 7) is 0. The van der Waals surface area contributed by atoms with Gasteiger partial charge in [0.15, 0.2) is 12.1 Å². The van der Waals surface area contributed by atoms with Gasteiger partial charge < -0.3 is 5.32 Å². The molecule has 4 nitrogen and oxygen atoms in total. The Morgan fingerprint density at radius 3 is 2.59 bits per heavy atom. The van der Waals surface area contributed by atoms with Gasteiger partial charge in [0.05, 0.1) is 6.04 Å². The van der Waals surface area contributed by atoms with Gasteiger partial charge in [-0.25, -0.2) is 0 Å². The topological polar surface area (TPSA) is 63.2 Å². The Hall–Kier alpha value is -2.27. The van der Waals surface area contributed by atoms with E-state index in [1.54, 1.807) is 41.9 Å². The highest BCUT2D eigenvalue weighted by molar-refractivity contribution is 7.07. The number of thiophene rings is 1. The minimum absolute atomic E-state index is 0.0557. The second-order valence-electron chi connectivity index (χ2n) is 4.84. The molecule has 1 radical (unpaired) electrons. The number of benzene rings is 1. The van der Waals surface area contributed by atoms with Crippen LogP contribution < -0.4 is 5.32 Å². The second kappa shape index (κ2) is 8.24. The van der Waals surface area contributed by atoms with E-state index in [-0.39, 0.29) is 24.5 Å². The number of Topliss-reactive ketones (excluding diaryl/α,β-unsaturated/α-hetero) is 1. The van der Waals surface area contributed by atoms with Gasteiger partial charge in [-0.1, -0.05) is 18.2 Å². The van der Waals surface area contributed by atoms with Crippen LogP contribution in [0.15, 0.2) is 47.2 Å². The van der Waals surface area contributed by atoms with Crippen LogP contribution in [-0.2, 0) is 16.0 Å². The van der Waals surface area contributed by atoms with E-state index < -0.39 is 6.04 Å². The molecule has 0 bridgehead atoms. The predicted octanol–water partition coefficient (Wildman–Crippen LogP) is 2.55.